The van der Waals surface area contributed by atoms with Crippen LogP contribution in [-0.4, -0.2) is 76.6 Å². The molecule has 0 radical (unpaired) electrons. The van der Waals surface area contributed by atoms with E-state index in [1.807, 2.05) is 30.2 Å². The quantitative estimate of drug-likeness (QED) is 0.884. The van der Waals surface area contributed by atoms with Crippen molar-refractivity contribution >= 4 is 11.6 Å². The minimum Gasteiger partial charge on any atom is -0.493 e. The number of β-amino-alcohol motifs (C(OH)–C–C–N with tert-alkyl or cyclic N) is 1. The standard InChI is InChI=1S/C16H22N4O3/c1-12-14(20-5-3-4-13(23-2)15(20)17-12)16(22)19-8-6-18(7-9-19)10-11-21/h3-5,21H,6-11H2,1-2H3. The molecule has 7 heteroatoms. The Bertz CT molecular complexity index is 705. The van der Waals surface area contributed by atoms with Gasteiger partial charge in [-0.1, -0.05) is 0 Å². The smallest absolute Gasteiger partial charge is 0.272 e. The summed E-state index contributed by atoms with van der Waals surface area (Å²) in [7, 11) is 1.60. The fourth-order valence-corrected chi connectivity index (χ4v) is 3.04. The molecule has 1 amide bonds. The van der Waals surface area contributed by atoms with E-state index in [0.29, 0.717) is 42.4 Å². The number of piperazine rings is 1. The van der Waals surface area contributed by atoms with Crippen LogP contribution in [0.5, 0.6) is 5.75 Å². The molecule has 2 aromatic rings. The molecule has 1 aliphatic heterocycles. The lowest BCUT2D eigenvalue weighted by atomic mass is 10.2. The number of hydrogen-bond donors (Lipinski definition) is 1. The van der Waals surface area contributed by atoms with Crippen LogP contribution in [0.1, 0.15) is 16.2 Å². The molecule has 0 spiro atoms. The van der Waals surface area contributed by atoms with E-state index in [1.54, 1.807) is 11.5 Å². The van der Waals surface area contributed by atoms with Crippen LogP contribution in [-0.2, 0) is 0 Å². The van der Waals surface area contributed by atoms with Crippen LogP contribution < -0.4 is 4.74 Å². The van der Waals surface area contributed by atoms with Gasteiger partial charge in [0.1, 0.15) is 5.69 Å². The highest BCUT2D eigenvalue weighted by Crippen LogP contribution is 2.22. The second kappa shape index (κ2) is 6.55. The molecule has 23 heavy (non-hydrogen) atoms. The van der Waals surface area contributed by atoms with Gasteiger partial charge in [-0.25, -0.2) is 4.98 Å². The highest BCUT2D eigenvalue weighted by atomic mass is 16.5. The van der Waals surface area contributed by atoms with Gasteiger partial charge in [0, 0.05) is 38.9 Å². The fourth-order valence-electron chi connectivity index (χ4n) is 3.04. The first-order chi connectivity index (χ1) is 11.2. The van der Waals surface area contributed by atoms with Crippen molar-refractivity contribution in [2.75, 3.05) is 46.4 Å². The number of aromatic nitrogens is 2. The number of aliphatic hydroxyl groups is 1. The van der Waals surface area contributed by atoms with Crippen LogP contribution in [0.3, 0.4) is 0 Å². The number of ether oxygens (including phenoxy) is 1. The zero-order chi connectivity index (χ0) is 16.4. The molecule has 3 heterocycles. The minimum atomic E-state index is -0.00750. The van der Waals surface area contributed by atoms with Gasteiger partial charge in [-0.15, -0.1) is 0 Å². The molecule has 3 rings (SSSR count). The second-order valence-electron chi connectivity index (χ2n) is 5.67. The van der Waals surface area contributed by atoms with Crippen molar-refractivity contribution in [3.8, 4) is 5.75 Å². The molecule has 1 N–H and O–H groups in total. The van der Waals surface area contributed by atoms with Gasteiger partial charge in [0.15, 0.2) is 11.4 Å². The normalized spacial score (nSPS) is 16.0. The van der Waals surface area contributed by atoms with E-state index in [4.69, 9.17) is 9.84 Å². The Morgan fingerprint density at radius 3 is 2.74 bits per heavy atom. The first-order valence-corrected chi connectivity index (χ1v) is 7.80. The van der Waals surface area contributed by atoms with Gasteiger partial charge in [-0.05, 0) is 19.1 Å². The number of imidazole rings is 1. The maximum atomic E-state index is 12.9. The minimum absolute atomic E-state index is 0.00750. The molecule has 0 saturated carbocycles. The number of methoxy groups -OCH3 is 1. The molecule has 2 aromatic heterocycles. The fraction of sp³-hybridized carbons (Fsp3) is 0.500. The number of pyridine rings is 1. The SMILES string of the molecule is COc1cccn2c(C(=O)N3CCN(CCO)CC3)c(C)nc12. The Kier molecular flexibility index (Phi) is 4.49. The number of fused-ring (bicyclic) bond motifs is 1. The summed E-state index contributed by atoms with van der Waals surface area (Å²) in [4.78, 5) is 21.4. The summed E-state index contributed by atoms with van der Waals surface area (Å²) in [5.74, 6) is 0.648. The van der Waals surface area contributed by atoms with Crippen LogP contribution in [0.2, 0.25) is 0 Å². The van der Waals surface area contributed by atoms with Crippen molar-refractivity contribution in [3.63, 3.8) is 0 Å². The van der Waals surface area contributed by atoms with E-state index in [0.717, 1.165) is 13.1 Å². The Balaban J connectivity index is 1.86. The molecule has 0 aromatic carbocycles. The Morgan fingerprint density at radius 2 is 2.09 bits per heavy atom. The maximum Gasteiger partial charge on any atom is 0.272 e. The van der Waals surface area contributed by atoms with E-state index < -0.39 is 0 Å². The molecule has 1 saturated heterocycles. The number of amides is 1. The van der Waals surface area contributed by atoms with Crippen LogP contribution in [0, 0.1) is 6.92 Å². The molecule has 0 aliphatic carbocycles. The number of rotatable bonds is 4. The van der Waals surface area contributed by atoms with Crippen molar-refractivity contribution < 1.29 is 14.6 Å². The molecule has 0 bridgehead atoms. The van der Waals surface area contributed by atoms with E-state index in [1.165, 1.54) is 0 Å². The topological polar surface area (TPSA) is 70.3 Å². The molecular formula is C16H22N4O3. The lowest BCUT2D eigenvalue weighted by molar-refractivity contribution is 0.0607. The zero-order valence-electron chi connectivity index (χ0n) is 13.5. The molecule has 1 fully saturated rings. The third kappa shape index (κ3) is 2.89. The maximum absolute atomic E-state index is 12.9. The van der Waals surface area contributed by atoms with Crippen molar-refractivity contribution in [3.05, 3.63) is 29.7 Å². The molecular weight excluding hydrogens is 296 g/mol. The van der Waals surface area contributed by atoms with Gasteiger partial charge < -0.3 is 14.7 Å². The third-order valence-corrected chi connectivity index (χ3v) is 4.29. The average Bonchev–Trinajstić information content (AvgIpc) is 2.91. The first-order valence-electron chi connectivity index (χ1n) is 7.80. The molecule has 124 valence electrons. The summed E-state index contributed by atoms with van der Waals surface area (Å²) >= 11 is 0. The summed E-state index contributed by atoms with van der Waals surface area (Å²) < 4.78 is 7.13. The Morgan fingerprint density at radius 1 is 1.35 bits per heavy atom. The highest BCUT2D eigenvalue weighted by molar-refractivity contribution is 5.95. The van der Waals surface area contributed by atoms with Crippen molar-refractivity contribution in [1.82, 2.24) is 19.2 Å². The second-order valence-corrected chi connectivity index (χ2v) is 5.67. The monoisotopic (exact) mass is 318 g/mol. The van der Waals surface area contributed by atoms with E-state index >= 15 is 0 Å². The van der Waals surface area contributed by atoms with Crippen LogP contribution in [0.4, 0.5) is 0 Å². The Labute approximate surface area is 135 Å². The largest absolute Gasteiger partial charge is 0.493 e. The molecule has 1 aliphatic rings. The predicted molar refractivity (Wildman–Crippen MR) is 85.9 cm³/mol. The van der Waals surface area contributed by atoms with Crippen LogP contribution in [0.25, 0.3) is 5.65 Å². The van der Waals surface area contributed by atoms with Crippen molar-refractivity contribution in [2.45, 2.75) is 6.92 Å². The lowest BCUT2D eigenvalue weighted by Crippen LogP contribution is -2.49. The summed E-state index contributed by atoms with van der Waals surface area (Å²) in [6.45, 7) is 5.55. The van der Waals surface area contributed by atoms with Gasteiger partial charge in [0.25, 0.3) is 5.91 Å². The average molecular weight is 318 g/mol. The number of aryl methyl sites for hydroxylation is 1. The van der Waals surface area contributed by atoms with Gasteiger partial charge >= 0.3 is 0 Å². The van der Waals surface area contributed by atoms with Crippen LogP contribution >= 0.6 is 0 Å². The number of carbonyl (C=O) groups is 1. The summed E-state index contributed by atoms with van der Waals surface area (Å²) in [6, 6.07) is 3.69. The van der Waals surface area contributed by atoms with Gasteiger partial charge in [-0.3, -0.25) is 14.1 Å². The zero-order valence-corrected chi connectivity index (χ0v) is 13.5. The number of carbonyl (C=O) groups excluding carboxylic acids is 1. The number of nitrogens with zero attached hydrogens (tertiary/aromatic N) is 4. The van der Waals surface area contributed by atoms with Crippen LogP contribution in [0.15, 0.2) is 18.3 Å². The van der Waals surface area contributed by atoms with Crippen molar-refractivity contribution in [2.24, 2.45) is 0 Å². The van der Waals surface area contributed by atoms with Gasteiger partial charge in [0.05, 0.1) is 19.4 Å². The first kappa shape index (κ1) is 15.8. The van der Waals surface area contributed by atoms with Gasteiger partial charge in [-0.2, -0.15) is 0 Å². The molecule has 0 atom stereocenters. The van der Waals surface area contributed by atoms with Gasteiger partial charge in [0.2, 0.25) is 0 Å². The third-order valence-electron chi connectivity index (χ3n) is 4.29. The summed E-state index contributed by atoms with van der Waals surface area (Å²) in [6.07, 6.45) is 1.84. The molecule has 0 unspecified atom stereocenters. The van der Waals surface area contributed by atoms with E-state index in [-0.39, 0.29) is 12.5 Å². The molecule has 7 nitrogen and oxygen atoms in total. The Hall–Kier alpha value is -2.12. The number of hydrogen-bond acceptors (Lipinski definition) is 5. The predicted octanol–water partition coefficient (Wildman–Crippen LogP) is 0.401. The van der Waals surface area contributed by atoms with Crippen molar-refractivity contribution in [1.29, 1.82) is 0 Å². The highest BCUT2D eigenvalue weighted by Gasteiger charge is 2.26. The van der Waals surface area contributed by atoms with E-state index in [2.05, 4.69) is 9.88 Å². The number of aliphatic hydroxyl groups excluding tert-OH is 1. The summed E-state index contributed by atoms with van der Waals surface area (Å²) in [5, 5.41) is 9.00. The summed E-state index contributed by atoms with van der Waals surface area (Å²) in [5.41, 5.74) is 1.96. The lowest BCUT2D eigenvalue weighted by Gasteiger charge is -2.34. The van der Waals surface area contributed by atoms with E-state index in [9.17, 15) is 4.79 Å².